The second-order valence-electron chi connectivity index (χ2n) is 3.93. The fourth-order valence-electron chi connectivity index (χ4n) is 1.57. The average Bonchev–Trinajstić information content (AvgIpc) is 2.39. The first-order chi connectivity index (χ1) is 9.51. The summed E-state index contributed by atoms with van der Waals surface area (Å²) in [5, 5.41) is 6.79. The zero-order chi connectivity index (χ0) is 14.7. The summed E-state index contributed by atoms with van der Waals surface area (Å²) < 4.78 is 14.0. The molecule has 0 bridgehead atoms. The first-order valence-electron chi connectivity index (χ1n) is 5.83. The van der Waals surface area contributed by atoms with Crippen molar-refractivity contribution in [3.8, 4) is 0 Å². The van der Waals surface area contributed by atoms with Crippen LogP contribution >= 0.6 is 39.1 Å². The van der Waals surface area contributed by atoms with Gasteiger partial charge >= 0.3 is 0 Å². The molecule has 1 heterocycles. The van der Waals surface area contributed by atoms with Gasteiger partial charge in [-0.1, -0.05) is 23.2 Å². The van der Waals surface area contributed by atoms with Crippen molar-refractivity contribution >= 4 is 56.5 Å². The Kier molecular flexibility index (Phi) is 5.07. The Balaban J connectivity index is 2.37. The average molecular weight is 379 g/mol. The summed E-state index contributed by atoms with van der Waals surface area (Å²) in [7, 11) is 0. The third kappa shape index (κ3) is 3.53. The molecule has 2 N–H and O–H groups in total. The van der Waals surface area contributed by atoms with Gasteiger partial charge in [-0.3, -0.25) is 0 Å². The standard InChI is InChI=1S/C13H11BrCl2FN3/c1-2-18-12-9(15)6-10(16)13(20-12)19-11-5-7(17)3-4-8(11)14/h3-6H,2H2,1H3,(H2,18,19,20). The van der Waals surface area contributed by atoms with Crippen molar-refractivity contribution in [3.05, 3.63) is 44.6 Å². The number of nitrogens with one attached hydrogen (secondary N) is 2. The molecule has 3 nitrogen and oxygen atoms in total. The van der Waals surface area contributed by atoms with Gasteiger partial charge in [0.05, 0.1) is 15.7 Å². The van der Waals surface area contributed by atoms with Crippen molar-refractivity contribution in [2.24, 2.45) is 0 Å². The topological polar surface area (TPSA) is 37.0 Å². The van der Waals surface area contributed by atoms with Gasteiger partial charge in [-0.25, -0.2) is 9.37 Å². The number of pyridine rings is 1. The maximum absolute atomic E-state index is 13.3. The number of hydrogen-bond donors (Lipinski definition) is 2. The summed E-state index contributed by atoms with van der Waals surface area (Å²) in [6.45, 7) is 2.61. The highest BCUT2D eigenvalue weighted by molar-refractivity contribution is 9.10. The number of nitrogens with zero attached hydrogens (tertiary/aromatic N) is 1. The molecule has 0 unspecified atom stereocenters. The van der Waals surface area contributed by atoms with Gasteiger partial charge in [0, 0.05) is 11.0 Å². The van der Waals surface area contributed by atoms with Crippen LogP contribution in [0, 0.1) is 5.82 Å². The molecule has 2 rings (SSSR count). The SMILES string of the molecule is CCNc1nc(Nc2cc(F)ccc2Br)c(Cl)cc1Cl. The largest absolute Gasteiger partial charge is 0.369 e. The fraction of sp³-hybridized carbons (Fsp3) is 0.154. The summed E-state index contributed by atoms with van der Waals surface area (Å²) in [5.41, 5.74) is 0.532. The lowest BCUT2D eigenvalue weighted by atomic mass is 10.3. The summed E-state index contributed by atoms with van der Waals surface area (Å²) in [6.07, 6.45) is 0. The van der Waals surface area contributed by atoms with E-state index in [4.69, 9.17) is 23.2 Å². The molecule has 106 valence electrons. The zero-order valence-electron chi connectivity index (χ0n) is 10.5. The first kappa shape index (κ1) is 15.4. The van der Waals surface area contributed by atoms with E-state index in [0.29, 0.717) is 38.4 Å². The van der Waals surface area contributed by atoms with E-state index in [9.17, 15) is 4.39 Å². The molecule has 0 saturated heterocycles. The van der Waals surface area contributed by atoms with E-state index in [0.717, 1.165) is 0 Å². The van der Waals surface area contributed by atoms with Crippen LogP contribution in [-0.2, 0) is 0 Å². The Labute approximate surface area is 134 Å². The summed E-state index contributed by atoms with van der Waals surface area (Å²) in [6, 6.07) is 5.90. The maximum Gasteiger partial charge on any atom is 0.151 e. The molecular weight excluding hydrogens is 368 g/mol. The normalized spacial score (nSPS) is 10.4. The van der Waals surface area contributed by atoms with Crippen LogP contribution in [0.5, 0.6) is 0 Å². The quantitative estimate of drug-likeness (QED) is 0.741. The predicted molar refractivity (Wildman–Crippen MR) is 85.8 cm³/mol. The monoisotopic (exact) mass is 377 g/mol. The smallest absolute Gasteiger partial charge is 0.151 e. The van der Waals surface area contributed by atoms with Crippen molar-refractivity contribution in [3.63, 3.8) is 0 Å². The van der Waals surface area contributed by atoms with Crippen molar-refractivity contribution in [2.75, 3.05) is 17.2 Å². The molecule has 0 saturated carbocycles. The predicted octanol–water partition coefficient (Wildman–Crippen LogP) is 5.47. The van der Waals surface area contributed by atoms with Crippen LogP contribution in [0.25, 0.3) is 0 Å². The van der Waals surface area contributed by atoms with Crippen LogP contribution in [0.4, 0.5) is 21.7 Å². The Hall–Kier alpha value is -1.04. The summed E-state index contributed by atoms with van der Waals surface area (Å²) in [4.78, 5) is 4.30. The van der Waals surface area contributed by atoms with Gasteiger partial charge in [0.25, 0.3) is 0 Å². The molecule has 1 aromatic heterocycles. The second kappa shape index (κ2) is 6.61. The molecule has 0 spiro atoms. The minimum absolute atomic E-state index is 0.354. The van der Waals surface area contributed by atoms with Crippen LogP contribution in [0.15, 0.2) is 28.7 Å². The minimum Gasteiger partial charge on any atom is -0.369 e. The minimum atomic E-state index is -0.354. The van der Waals surface area contributed by atoms with Crippen LogP contribution < -0.4 is 10.6 Å². The first-order valence-corrected chi connectivity index (χ1v) is 7.38. The van der Waals surface area contributed by atoms with Gasteiger partial charge in [0.1, 0.15) is 11.6 Å². The molecule has 2 aromatic rings. The molecule has 0 aliphatic rings. The summed E-state index contributed by atoms with van der Waals surface area (Å²) >= 11 is 15.5. The molecule has 7 heteroatoms. The number of halogens is 4. The van der Waals surface area contributed by atoms with Gasteiger partial charge in [0.2, 0.25) is 0 Å². The second-order valence-corrected chi connectivity index (χ2v) is 5.60. The molecule has 20 heavy (non-hydrogen) atoms. The number of rotatable bonds is 4. The van der Waals surface area contributed by atoms with Crippen LogP contribution in [0.3, 0.4) is 0 Å². The lowest BCUT2D eigenvalue weighted by Crippen LogP contribution is -2.03. The van der Waals surface area contributed by atoms with E-state index >= 15 is 0 Å². The third-order valence-electron chi connectivity index (χ3n) is 2.46. The molecule has 0 atom stereocenters. The molecule has 1 aromatic carbocycles. The van der Waals surface area contributed by atoms with E-state index in [2.05, 4.69) is 31.5 Å². The van der Waals surface area contributed by atoms with Crippen molar-refractivity contribution < 1.29 is 4.39 Å². The van der Waals surface area contributed by atoms with Gasteiger partial charge in [-0.05, 0) is 47.1 Å². The molecule has 0 aliphatic carbocycles. The van der Waals surface area contributed by atoms with Crippen LogP contribution in [0.2, 0.25) is 10.0 Å². The van der Waals surface area contributed by atoms with E-state index in [1.54, 1.807) is 12.1 Å². The van der Waals surface area contributed by atoms with Gasteiger partial charge < -0.3 is 10.6 Å². The number of anilines is 3. The number of hydrogen-bond acceptors (Lipinski definition) is 3. The van der Waals surface area contributed by atoms with Crippen LogP contribution in [-0.4, -0.2) is 11.5 Å². The van der Waals surface area contributed by atoms with Crippen molar-refractivity contribution in [1.29, 1.82) is 0 Å². The Morgan fingerprint density at radius 3 is 2.60 bits per heavy atom. The van der Waals surface area contributed by atoms with Gasteiger partial charge in [-0.15, -0.1) is 0 Å². The van der Waals surface area contributed by atoms with E-state index < -0.39 is 0 Å². The highest BCUT2D eigenvalue weighted by atomic mass is 79.9. The van der Waals surface area contributed by atoms with E-state index in [1.165, 1.54) is 12.1 Å². The Morgan fingerprint density at radius 1 is 1.20 bits per heavy atom. The summed E-state index contributed by atoms with van der Waals surface area (Å²) in [5.74, 6) is 0.569. The van der Waals surface area contributed by atoms with Crippen molar-refractivity contribution in [1.82, 2.24) is 4.98 Å². The highest BCUT2D eigenvalue weighted by Gasteiger charge is 2.11. The van der Waals surface area contributed by atoms with E-state index in [1.807, 2.05) is 6.92 Å². The lowest BCUT2D eigenvalue weighted by molar-refractivity contribution is 0.628. The third-order valence-corrected chi connectivity index (χ3v) is 3.72. The molecular formula is C13H11BrCl2FN3. The Bertz CT molecular complexity index is 637. The molecule has 0 fully saturated rings. The molecule has 0 radical (unpaired) electrons. The zero-order valence-corrected chi connectivity index (χ0v) is 13.6. The number of benzene rings is 1. The van der Waals surface area contributed by atoms with Gasteiger partial charge in [0.15, 0.2) is 5.82 Å². The van der Waals surface area contributed by atoms with E-state index in [-0.39, 0.29) is 5.82 Å². The molecule has 0 amide bonds. The highest BCUT2D eigenvalue weighted by Crippen LogP contribution is 2.33. The Morgan fingerprint density at radius 2 is 1.90 bits per heavy atom. The number of aromatic nitrogens is 1. The van der Waals surface area contributed by atoms with Crippen molar-refractivity contribution in [2.45, 2.75) is 6.92 Å². The molecule has 0 aliphatic heterocycles. The lowest BCUT2D eigenvalue weighted by Gasteiger charge is -2.12. The fourth-order valence-corrected chi connectivity index (χ4v) is 2.38. The van der Waals surface area contributed by atoms with Gasteiger partial charge in [-0.2, -0.15) is 0 Å². The van der Waals surface area contributed by atoms with Crippen LogP contribution in [0.1, 0.15) is 6.92 Å². The maximum atomic E-state index is 13.3.